The Morgan fingerprint density at radius 3 is 2.24 bits per heavy atom. The minimum absolute atomic E-state index is 0.297. The van der Waals surface area contributed by atoms with Crippen molar-refractivity contribution in [1.82, 2.24) is 0 Å². The number of hydrogen-bond acceptors (Lipinski definition) is 1. The topological polar surface area (TPSA) is 20.2 Å². The van der Waals surface area contributed by atoms with Crippen LogP contribution in [-0.2, 0) is 0 Å². The molecule has 0 aromatic heterocycles. The first-order valence-electron chi connectivity index (χ1n) is 6.67. The molecule has 0 amide bonds. The third-order valence-electron chi connectivity index (χ3n) is 3.09. The van der Waals surface area contributed by atoms with E-state index in [0.29, 0.717) is 0 Å². The van der Waals surface area contributed by atoms with Crippen LogP contribution in [0.2, 0.25) is 0 Å². The average Bonchev–Trinajstić information content (AvgIpc) is 2.34. The van der Waals surface area contributed by atoms with Gasteiger partial charge in [0.25, 0.3) is 0 Å². The Kier molecular flexibility index (Phi) is 7.54. The molecule has 0 aliphatic carbocycles. The van der Waals surface area contributed by atoms with Crippen molar-refractivity contribution in [2.24, 2.45) is 0 Å². The highest BCUT2D eigenvalue weighted by Gasteiger charge is 2.06. The number of rotatable bonds is 8. The first kappa shape index (κ1) is 14.7. The van der Waals surface area contributed by atoms with Crippen LogP contribution in [0, 0.1) is 0 Å². The summed E-state index contributed by atoms with van der Waals surface area (Å²) in [4.78, 5) is 0. The van der Waals surface area contributed by atoms with E-state index in [1.165, 1.54) is 32.1 Å². The molecule has 0 aliphatic rings. The van der Waals surface area contributed by atoms with Crippen LogP contribution in [0.25, 0.3) is 0 Å². The summed E-state index contributed by atoms with van der Waals surface area (Å²) in [5.41, 5.74) is 1.03. The van der Waals surface area contributed by atoms with Crippen molar-refractivity contribution in [3.8, 4) is 0 Å². The molecule has 0 bridgehead atoms. The van der Waals surface area contributed by atoms with Gasteiger partial charge in [-0.15, -0.1) is 0 Å². The van der Waals surface area contributed by atoms with Crippen LogP contribution in [0.5, 0.6) is 0 Å². The van der Waals surface area contributed by atoms with Gasteiger partial charge in [0.15, 0.2) is 0 Å². The van der Waals surface area contributed by atoms with E-state index in [1.807, 2.05) is 24.3 Å². The molecule has 0 spiro atoms. The number of benzene rings is 1. The quantitative estimate of drug-likeness (QED) is 0.651. The van der Waals surface area contributed by atoms with Crippen LogP contribution in [0.1, 0.15) is 63.5 Å². The Morgan fingerprint density at radius 1 is 1.00 bits per heavy atom. The lowest BCUT2D eigenvalue weighted by molar-refractivity contribution is 0.163. The van der Waals surface area contributed by atoms with E-state index in [-0.39, 0.29) is 6.10 Å². The van der Waals surface area contributed by atoms with Crippen molar-refractivity contribution < 1.29 is 5.11 Å². The third-order valence-corrected chi connectivity index (χ3v) is 3.61. The fourth-order valence-electron chi connectivity index (χ4n) is 1.97. The zero-order valence-electron chi connectivity index (χ0n) is 10.7. The molecule has 1 rings (SSSR count). The van der Waals surface area contributed by atoms with Crippen molar-refractivity contribution in [2.45, 2.75) is 58.0 Å². The number of halogens is 1. The summed E-state index contributed by atoms with van der Waals surface area (Å²) in [5, 5.41) is 10.00. The maximum Gasteiger partial charge on any atom is 0.0790 e. The first-order chi connectivity index (χ1) is 8.24. The van der Waals surface area contributed by atoms with Gasteiger partial charge in [-0.2, -0.15) is 0 Å². The van der Waals surface area contributed by atoms with Crippen LogP contribution < -0.4 is 0 Å². The largest absolute Gasteiger partial charge is 0.388 e. The van der Waals surface area contributed by atoms with E-state index in [0.717, 1.165) is 22.9 Å². The minimum Gasteiger partial charge on any atom is -0.388 e. The zero-order valence-corrected chi connectivity index (χ0v) is 12.2. The van der Waals surface area contributed by atoms with Gasteiger partial charge in [0.1, 0.15) is 0 Å². The monoisotopic (exact) mass is 298 g/mol. The summed E-state index contributed by atoms with van der Waals surface area (Å²) in [5.74, 6) is 0. The lowest BCUT2D eigenvalue weighted by Gasteiger charge is -2.10. The van der Waals surface area contributed by atoms with Gasteiger partial charge in [-0.05, 0) is 24.1 Å². The summed E-state index contributed by atoms with van der Waals surface area (Å²) < 4.78 is 1.06. The molecule has 1 aromatic rings. The number of hydrogen-bond donors (Lipinski definition) is 1. The third kappa shape index (κ3) is 6.23. The average molecular weight is 299 g/mol. The van der Waals surface area contributed by atoms with Crippen LogP contribution in [0.4, 0.5) is 0 Å². The second kappa shape index (κ2) is 8.71. The van der Waals surface area contributed by atoms with Gasteiger partial charge in [-0.1, -0.05) is 73.5 Å². The molecule has 1 atom stereocenters. The van der Waals surface area contributed by atoms with Gasteiger partial charge in [0.05, 0.1) is 6.10 Å². The van der Waals surface area contributed by atoms with Crippen molar-refractivity contribution in [3.63, 3.8) is 0 Å². The molecule has 0 aliphatic heterocycles. The minimum atomic E-state index is -0.297. The Labute approximate surface area is 113 Å². The molecule has 0 heterocycles. The van der Waals surface area contributed by atoms with Gasteiger partial charge < -0.3 is 5.11 Å². The molecule has 0 saturated heterocycles. The Bertz CT molecular complexity index is 294. The normalized spacial score (nSPS) is 12.6. The lowest BCUT2D eigenvalue weighted by Crippen LogP contribution is -1.97. The van der Waals surface area contributed by atoms with Crippen LogP contribution in [0.15, 0.2) is 28.7 Å². The van der Waals surface area contributed by atoms with Crippen LogP contribution in [-0.4, -0.2) is 5.11 Å². The summed E-state index contributed by atoms with van der Waals surface area (Å²) >= 11 is 3.40. The molecule has 0 fully saturated rings. The summed E-state index contributed by atoms with van der Waals surface area (Å²) in [6.07, 6.45) is 8.24. The second-order valence-corrected chi connectivity index (χ2v) is 5.54. The maximum absolute atomic E-state index is 10.00. The van der Waals surface area contributed by atoms with Crippen molar-refractivity contribution in [2.75, 3.05) is 0 Å². The van der Waals surface area contributed by atoms with Crippen molar-refractivity contribution in [3.05, 3.63) is 34.3 Å². The molecule has 1 N–H and O–H groups in total. The molecular weight excluding hydrogens is 276 g/mol. The molecule has 96 valence electrons. The molecule has 1 nitrogen and oxygen atoms in total. The molecule has 0 radical (unpaired) electrons. The maximum atomic E-state index is 10.00. The highest BCUT2D eigenvalue weighted by molar-refractivity contribution is 9.10. The van der Waals surface area contributed by atoms with Crippen LogP contribution >= 0.6 is 15.9 Å². The molecule has 1 aromatic carbocycles. The Hall–Kier alpha value is -0.340. The van der Waals surface area contributed by atoms with Gasteiger partial charge in [0.2, 0.25) is 0 Å². The van der Waals surface area contributed by atoms with E-state index in [9.17, 15) is 5.11 Å². The van der Waals surface area contributed by atoms with E-state index in [1.54, 1.807) is 0 Å². The van der Waals surface area contributed by atoms with E-state index in [2.05, 4.69) is 22.9 Å². The number of aliphatic hydroxyl groups excluding tert-OH is 1. The number of unbranched alkanes of at least 4 members (excludes halogenated alkanes) is 5. The second-order valence-electron chi connectivity index (χ2n) is 4.62. The van der Waals surface area contributed by atoms with Gasteiger partial charge >= 0.3 is 0 Å². The highest BCUT2D eigenvalue weighted by Crippen LogP contribution is 2.21. The van der Waals surface area contributed by atoms with E-state index in [4.69, 9.17) is 0 Å². The molecule has 2 heteroatoms. The summed E-state index contributed by atoms with van der Waals surface area (Å²) in [6.45, 7) is 2.23. The fourth-order valence-corrected chi connectivity index (χ4v) is 2.23. The molecular formula is C15H23BrO. The highest BCUT2D eigenvalue weighted by atomic mass is 79.9. The Balaban J connectivity index is 2.16. The first-order valence-corrected chi connectivity index (χ1v) is 7.47. The smallest absolute Gasteiger partial charge is 0.0790 e. The zero-order chi connectivity index (χ0) is 12.5. The lowest BCUT2D eigenvalue weighted by atomic mass is 10.0. The van der Waals surface area contributed by atoms with Crippen molar-refractivity contribution >= 4 is 15.9 Å². The fraction of sp³-hybridized carbons (Fsp3) is 0.600. The predicted octanol–water partition coefficient (Wildman–Crippen LogP) is 5.23. The number of aliphatic hydroxyl groups is 1. The standard InChI is InChI=1S/C15H23BrO/c1-2-3-4-5-6-7-8-15(17)13-9-11-14(16)12-10-13/h9-12,15,17H,2-8H2,1H3. The molecule has 1 unspecified atom stereocenters. The van der Waals surface area contributed by atoms with E-state index < -0.39 is 0 Å². The summed E-state index contributed by atoms with van der Waals surface area (Å²) in [6, 6.07) is 7.96. The predicted molar refractivity (Wildman–Crippen MR) is 77.1 cm³/mol. The molecule has 0 saturated carbocycles. The summed E-state index contributed by atoms with van der Waals surface area (Å²) in [7, 11) is 0. The Morgan fingerprint density at radius 2 is 1.59 bits per heavy atom. The van der Waals surface area contributed by atoms with E-state index >= 15 is 0 Å². The van der Waals surface area contributed by atoms with Gasteiger partial charge in [-0.3, -0.25) is 0 Å². The van der Waals surface area contributed by atoms with Crippen LogP contribution in [0.3, 0.4) is 0 Å². The van der Waals surface area contributed by atoms with Gasteiger partial charge in [0, 0.05) is 4.47 Å². The SMILES string of the molecule is CCCCCCCCC(O)c1ccc(Br)cc1. The van der Waals surface area contributed by atoms with Crippen molar-refractivity contribution in [1.29, 1.82) is 0 Å². The molecule has 17 heavy (non-hydrogen) atoms. The van der Waals surface area contributed by atoms with Gasteiger partial charge in [-0.25, -0.2) is 0 Å².